The maximum absolute atomic E-state index is 13.8. The smallest absolute Gasteiger partial charge is 0.126 e. The predicted molar refractivity (Wildman–Crippen MR) is 77.8 cm³/mol. The van der Waals surface area contributed by atoms with E-state index in [0.29, 0.717) is 6.42 Å². The van der Waals surface area contributed by atoms with E-state index in [1.807, 2.05) is 19.2 Å². The van der Waals surface area contributed by atoms with Gasteiger partial charge in [0.15, 0.2) is 0 Å². The molecule has 0 fully saturated rings. The molecule has 0 amide bonds. The molecule has 1 nitrogen and oxygen atoms in total. The first-order valence-electron chi connectivity index (χ1n) is 6.60. The minimum absolute atomic E-state index is 0.131. The van der Waals surface area contributed by atoms with Crippen molar-refractivity contribution in [1.82, 2.24) is 5.32 Å². The summed E-state index contributed by atoms with van der Waals surface area (Å²) >= 11 is 0. The Balaban J connectivity index is 2.34. The van der Waals surface area contributed by atoms with Gasteiger partial charge in [0.05, 0.1) is 0 Å². The Bertz CT molecular complexity index is 543. The zero-order valence-electron chi connectivity index (χ0n) is 11.7. The molecule has 0 bridgehead atoms. The minimum Gasteiger partial charge on any atom is -0.313 e. The van der Waals surface area contributed by atoms with Crippen molar-refractivity contribution in [2.24, 2.45) is 0 Å². The molecule has 0 aliphatic heterocycles. The predicted octanol–water partition coefficient (Wildman–Crippen LogP) is 3.95. The van der Waals surface area contributed by atoms with Gasteiger partial charge in [-0.25, -0.2) is 4.39 Å². The molecule has 0 saturated heterocycles. The van der Waals surface area contributed by atoms with Crippen LogP contribution in [0.15, 0.2) is 42.5 Å². The van der Waals surface area contributed by atoms with Gasteiger partial charge in [0.2, 0.25) is 0 Å². The maximum atomic E-state index is 13.8. The second-order valence-corrected chi connectivity index (χ2v) is 4.94. The Morgan fingerprint density at radius 3 is 2.21 bits per heavy atom. The fraction of sp³-hybridized carbons (Fsp3) is 0.294. The average molecular weight is 257 g/mol. The van der Waals surface area contributed by atoms with Crippen molar-refractivity contribution in [1.29, 1.82) is 0 Å². The van der Waals surface area contributed by atoms with E-state index in [1.54, 1.807) is 6.07 Å². The van der Waals surface area contributed by atoms with Crippen LogP contribution in [0.25, 0.3) is 0 Å². The molecule has 1 atom stereocenters. The zero-order chi connectivity index (χ0) is 13.8. The second-order valence-electron chi connectivity index (χ2n) is 4.94. The number of rotatable bonds is 4. The number of hydrogen-bond acceptors (Lipinski definition) is 1. The van der Waals surface area contributed by atoms with Gasteiger partial charge in [-0.1, -0.05) is 36.4 Å². The maximum Gasteiger partial charge on any atom is 0.126 e. The lowest BCUT2D eigenvalue weighted by molar-refractivity contribution is 0.551. The zero-order valence-corrected chi connectivity index (χ0v) is 11.7. The normalized spacial score (nSPS) is 12.4. The monoisotopic (exact) mass is 257 g/mol. The SMILES string of the molecule is CNC(Cc1ccccc1F)c1c(C)cccc1C. The topological polar surface area (TPSA) is 12.0 Å². The highest BCUT2D eigenvalue weighted by molar-refractivity contribution is 5.37. The summed E-state index contributed by atoms with van der Waals surface area (Å²) in [5.41, 5.74) is 4.52. The minimum atomic E-state index is -0.131. The van der Waals surface area contributed by atoms with Crippen LogP contribution in [0.3, 0.4) is 0 Å². The van der Waals surface area contributed by atoms with Gasteiger partial charge in [-0.05, 0) is 55.6 Å². The van der Waals surface area contributed by atoms with E-state index in [4.69, 9.17) is 0 Å². The summed E-state index contributed by atoms with van der Waals surface area (Å²) in [4.78, 5) is 0. The fourth-order valence-electron chi connectivity index (χ4n) is 2.61. The van der Waals surface area contributed by atoms with Gasteiger partial charge in [0.25, 0.3) is 0 Å². The molecule has 1 N–H and O–H groups in total. The molecule has 1 unspecified atom stereocenters. The van der Waals surface area contributed by atoms with Crippen molar-refractivity contribution in [3.05, 3.63) is 70.5 Å². The molecule has 19 heavy (non-hydrogen) atoms. The van der Waals surface area contributed by atoms with Gasteiger partial charge < -0.3 is 5.32 Å². The Kier molecular flexibility index (Phi) is 4.33. The van der Waals surface area contributed by atoms with Crippen LogP contribution >= 0.6 is 0 Å². The van der Waals surface area contributed by atoms with E-state index < -0.39 is 0 Å². The fourth-order valence-corrected chi connectivity index (χ4v) is 2.61. The molecule has 0 spiro atoms. The third kappa shape index (κ3) is 3.02. The molecule has 0 aliphatic carbocycles. The summed E-state index contributed by atoms with van der Waals surface area (Å²) in [5.74, 6) is -0.131. The van der Waals surface area contributed by atoms with E-state index in [0.717, 1.165) is 5.56 Å². The third-order valence-electron chi connectivity index (χ3n) is 3.62. The number of halogens is 1. The van der Waals surface area contributed by atoms with Crippen LogP contribution in [-0.4, -0.2) is 7.05 Å². The van der Waals surface area contributed by atoms with Gasteiger partial charge >= 0.3 is 0 Å². The molecular formula is C17H20FN. The highest BCUT2D eigenvalue weighted by atomic mass is 19.1. The lowest BCUT2D eigenvalue weighted by Gasteiger charge is -2.21. The van der Waals surface area contributed by atoms with Crippen molar-refractivity contribution in [3.8, 4) is 0 Å². The van der Waals surface area contributed by atoms with Crippen LogP contribution in [0.5, 0.6) is 0 Å². The molecule has 2 aromatic carbocycles. The largest absolute Gasteiger partial charge is 0.313 e. The Hall–Kier alpha value is -1.67. The summed E-state index contributed by atoms with van der Waals surface area (Å²) < 4.78 is 13.8. The van der Waals surface area contributed by atoms with E-state index in [1.165, 1.54) is 22.8 Å². The van der Waals surface area contributed by atoms with Crippen LogP contribution in [0.1, 0.15) is 28.3 Å². The van der Waals surface area contributed by atoms with Gasteiger partial charge in [0, 0.05) is 6.04 Å². The molecule has 0 aliphatic rings. The molecule has 2 aromatic rings. The molecule has 2 rings (SSSR count). The van der Waals surface area contributed by atoms with Crippen LogP contribution in [0.4, 0.5) is 4.39 Å². The number of benzene rings is 2. The summed E-state index contributed by atoms with van der Waals surface area (Å²) in [7, 11) is 1.93. The number of likely N-dealkylation sites (N-methyl/N-ethyl adjacent to an activating group) is 1. The Morgan fingerprint density at radius 1 is 1.00 bits per heavy atom. The lowest BCUT2D eigenvalue weighted by Crippen LogP contribution is -2.21. The van der Waals surface area contributed by atoms with E-state index >= 15 is 0 Å². The summed E-state index contributed by atoms with van der Waals surface area (Å²) in [5, 5.41) is 3.31. The van der Waals surface area contributed by atoms with Gasteiger partial charge in [0.1, 0.15) is 5.82 Å². The summed E-state index contributed by atoms with van der Waals surface area (Å²) in [6, 6.07) is 13.4. The van der Waals surface area contributed by atoms with Crippen molar-refractivity contribution >= 4 is 0 Å². The molecule has 100 valence electrons. The van der Waals surface area contributed by atoms with E-state index in [2.05, 4.69) is 37.4 Å². The first kappa shape index (κ1) is 13.8. The van der Waals surface area contributed by atoms with Crippen molar-refractivity contribution in [2.45, 2.75) is 26.3 Å². The number of aryl methyl sites for hydroxylation is 2. The lowest BCUT2D eigenvalue weighted by atomic mass is 9.92. The van der Waals surface area contributed by atoms with Gasteiger partial charge in [-0.15, -0.1) is 0 Å². The third-order valence-corrected chi connectivity index (χ3v) is 3.62. The molecule has 0 radical (unpaired) electrons. The highest BCUT2D eigenvalue weighted by Crippen LogP contribution is 2.25. The first-order valence-corrected chi connectivity index (χ1v) is 6.60. The number of hydrogen-bond donors (Lipinski definition) is 1. The molecular weight excluding hydrogens is 237 g/mol. The molecule has 0 heterocycles. The van der Waals surface area contributed by atoms with Crippen LogP contribution in [0, 0.1) is 19.7 Å². The summed E-state index contributed by atoms with van der Waals surface area (Å²) in [6.45, 7) is 4.21. The quantitative estimate of drug-likeness (QED) is 0.874. The van der Waals surface area contributed by atoms with E-state index in [-0.39, 0.29) is 11.9 Å². The van der Waals surface area contributed by atoms with Gasteiger partial charge in [-0.2, -0.15) is 0 Å². The molecule has 2 heteroatoms. The van der Waals surface area contributed by atoms with Crippen LogP contribution in [-0.2, 0) is 6.42 Å². The average Bonchev–Trinajstić information content (AvgIpc) is 2.39. The van der Waals surface area contributed by atoms with Crippen molar-refractivity contribution in [3.63, 3.8) is 0 Å². The Morgan fingerprint density at radius 2 is 1.63 bits per heavy atom. The first-order chi connectivity index (χ1) is 9.13. The molecule has 0 saturated carbocycles. The highest BCUT2D eigenvalue weighted by Gasteiger charge is 2.16. The van der Waals surface area contributed by atoms with E-state index in [9.17, 15) is 4.39 Å². The standard InChI is InChI=1S/C17H20FN/c1-12-7-6-8-13(2)17(12)16(19-3)11-14-9-4-5-10-15(14)18/h4-10,16,19H,11H2,1-3H3. The van der Waals surface area contributed by atoms with Crippen molar-refractivity contribution < 1.29 is 4.39 Å². The summed E-state index contributed by atoms with van der Waals surface area (Å²) in [6.07, 6.45) is 0.662. The Labute approximate surface area is 114 Å². The van der Waals surface area contributed by atoms with Crippen LogP contribution in [0.2, 0.25) is 0 Å². The van der Waals surface area contributed by atoms with Crippen molar-refractivity contribution in [2.75, 3.05) is 7.05 Å². The second kappa shape index (κ2) is 5.98. The van der Waals surface area contributed by atoms with Gasteiger partial charge in [-0.3, -0.25) is 0 Å². The van der Waals surface area contributed by atoms with Crippen LogP contribution < -0.4 is 5.32 Å². The molecule has 0 aromatic heterocycles. The number of nitrogens with one attached hydrogen (secondary N) is 1.